The molecule has 2 heterocycles. The number of aromatic nitrogens is 1. The smallest absolute Gasteiger partial charge is 0.205 e. The predicted molar refractivity (Wildman–Crippen MR) is 129 cm³/mol. The number of rotatable bonds is 4. The second-order valence-corrected chi connectivity index (χ2v) is 8.85. The van der Waals surface area contributed by atoms with Gasteiger partial charge in [0.05, 0.1) is 5.69 Å². The molecule has 0 saturated carbocycles. The van der Waals surface area contributed by atoms with E-state index in [0.29, 0.717) is 16.9 Å². The van der Waals surface area contributed by atoms with Crippen LogP contribution in [0.3, 0.4) is 0 Å². The second-order valence-electron chi connectivity index (χ2n) is 8.85. The molecule has 0 fully saturated rings. The van der Waals surface area contributed by atoms with E-state index in [1.165, 1.54) is 11.6 Å². The van der Waals surface area contributed by atoms with Crippen molar-refractivity contribution in [3.8, 4) is 11.8 Å². The first kappa shape index (κ1) is 22.3. The van der Waals surface area contributed by atoms with Crippen LogP contribution >= 0.6 is 0 Å². The minimum absolute atomic E-state index is 0.0384. The van der Waals surface area contributed by atoms with Crippen LogP contribution in [0, 0.1) is 31.0 Å². The van der Waals surface area contributed by atoms with Gasteiger partial charge in [0, 0.05) is 40.8 Å². The lowest BCUT2D eigenvalue weighted by Crippen LogP contribution is -2.22. The Balaban J connectivity index is 1.73. The number of allylic oxidation sites excluding steroid dienone is 4. The van der Waals surface area contributed by atoms with Gasteiger partial charge in [0.1, 0.15) is 17.5 Å². The van der Waals surface area contributed by atoms with E-state index in [1.54, 1.807) is 41.8 Å². The molecule has 0 radical (unpaired) electrons. The van der Waals surface area contributed by atoms with Crippen LogP contribution in [-0.2, 0) is 5.41 Å². The number of hydrogen-bond donors (Lipinski definition) is 0. The summed E-state index contributed by atoms with van der Waals surface area (Å²) in [6.45, 7) is 7.85. The number of nitriles is 1. The Kier molecular flexibility index (Phi) is 5.55. The Hall–Kier alpha value is -3.91. The standard InChI is InChI=1S/C28H26FN3O/c1-18-16-21(19(2)32(18)25-13-9-7-11-23(25)29)27(33)20(17-30)14-15-26-28(3,4)22-10-6-8-12-24(22)31(26)5/h6-16H,1-5H3/b20-14+,26-15+. The molecular weight excluding hydrogens is 413 g/mol. The molecule has 0 unspecified atom stereocenters. The van der Waals surface area contributed by atoms with E-state index in [-0.39, 0.29) is 22.6 Å². The van der Waals surface area contributed by atoms with E-state index in [0.717, 1.165) is 17.1 Å². The number of carbonyl (C=O) groups excluding carboxylic acids is 1. The quantitative estimate of drug-likeness (QED) is 0.277. The van der Waals surface area contributed by atoms with Crippen LogP contribution in [0.15, 0.2) is 78.0 Å². The molecule has 1 aliphatic rings. The molecule has 0 amide bonds. The maximum atomic E-state index is 14.4. The molecule has 0 atom stereocenters. The SMILES string of the molecule is Cc1cc(C(=O)/C(C#N)=C/C=C2/N(C)c3ccccc3C2(C)C)c(C)n1-c1ccccc1F. The zero-order valence-electron chi connectivity index (χ0n) is 19.5. The third-order valence-corrected chi connectivity index (χ3v) is 6.48. The maximum Gasteiger partial charge on any atom is 0.205 e. The van der Waals surface area contributed by atoms with Gasteiger partial charge in [0.2, 0.25) is 5.78 Å². The number of aryl methyl sites for hydroxylation is 1. The Bertz CT molecular complexity index is 1370. The molecule has 0 aliphatic carbocycles. The number of nitrogens with zero attached hydrogens (tertiary/aromatic N) is 3. The van der Waals surface area contributed by atoms with Gasteiger partial charge in [-0.25, -0.2) is 4.39 Å². The summed E-state index contributed by atoms with van der Waals surface area (Å²) in [7, 11) is 1.99. The van der Waals surface area contributed by atoms with Gasteiger partial charge in [0.15, 0.2) is 0 Å². The lowest BCUT2D eigenvalue weighted by molar-refractivity contribution is 0.103. The average Bonchev–Trinajstić information content (AvgIpc) is 3.19. The molecule has 4 rings (SSSR count). The summed E-state index contributed by atoms with van der Waals surface area (Å²) in [6, 6.07) is 18.4. The van der Waals surface area contributed by atoms with Gasteiger partial charge in [-0.15, -0.1) is 0 Å². The molecule has 1 aliphatic heterocycles. The van der Waals surface area contributed by atoms with Crippen molar-refractivity contribution in [1.29, 1.82) is 5.26 Å². The Morgan fingerprint density at radius 1 is 1.06 bits per heavy atom. The maximum absolute atomic E-state index is 14.4. The molecule has 33 heavy (non-hydrogen) atoms. The predicted octanol–water partition coefficient (Wildman–Crippen LogP) is 6.18. The molecule has 166 valence electrons. The molecule has 5 heteroatoms. The number of Topliss-reactive ketones (excluding diaryl/α,β-unsaturated/α-hetero) is 1. The van der Waals surface area contributed by atoms with E-state index in [9.17, 15) is 14.4 Å². The molecule has 0 saturated heterocycles. The number of ketones is 1. The molecule has 0 N–H and O–H groups in total. The molecule has 1 aromatic heterocycles. The van der Waals surface area contributed by atoms with Crippen LogP contribution in [0.5, 0.6) is 0 Å². The minimum atomic E-state index is -0.374. The largest absolute Gasteiger partial charge is 0.347 e. The summed E-state index contributed by atoms with van der Waals surface area (Å²) < 4.78 is 16.1. The van der Waals surface area contributed by atoms with Crippen molar-refractivity contribution in [2.24, 2.45) is 0 Å². The molecular formula is C28H26FN3O. The number of likely N-dealkylation sites (N-methyl/N-ethyl adjacent to an activating group) is 1. The number of benzene rings is 2. The van der Waals surface area contributed by atoms with E-state index in [4.69, 9.17) is 0 Å². The Morgan fingerprint density at radius 2 is 1.70 bits per heavy atom. The number of halogens is 1. The zero-order valence-corrected chi connectivity index (χ0v) is 19.5. The lowest BCUT2D eigenvalue weighted by Gasteiger charge is -2.23. The highest BCUT2D eigenvalue weighted by molar-refractivity contribution is 6.12. The summed E-state index contributed by atoms with van der Waals surface area (Å²) in [5.41, 5.74) is 5.19. The summed E-state index contributed by atoms with van der Waals surface area (Å²) in [5.74, 6) is -0.744. The fraction of sp³-hybridized carbons (Fsp3) is 0.214. The van der Waals surface area contributed by atoms with Gasteiger partial charge in [-0.1, -0.05) is 44.2 Å². The summed E-state index contributed by atoms with van der Waals surface area (Å²) in [5, 5.41) is 9.78. The highest BCUT2D eigenvalue weighted by Crippen LogP contribution is 2.46. The molecule has 3 aromatic rings. The second kappa shape index (κ2) is 8.22. The number of hydrogen-bond acceptors (Lipinski definition) is 3. The first-order valence-electron chi connectivity index (χ1n) is 10.8. The van der Waals surface area contributed by atoms with Crippen LogP contribution in [0.2, 0.25) is 0 Å². The first-order chi connectivity index (χ1) is 15.7. The van der Waals surface area contributed by atoms with Gasteiger partial charge in [-0.2, -0.15) is 5.26 Å². The van der Waals surface area contributed by atoms with Crippen LogP contribution in [0.4, 0.5) is 10.1 Å². The van der Waals surface area contributed by atoms with Crippen molar-refractivity contribution in [1.82, 2.24) is 4.57 Å². The van der Waals surface area contributed by atoms with E-state index >= 15 is 0 Å². The van der Waals surface area contributed by atoms with Gasteiger partial charge >= 0.3 is 0 Å². The molecule has 0 spiro atoms. The normalized spacial score (nSPS) is 16.1. The molecule has 4 nitrogen and oxygen atoms in total. The number of carbonyl (C=O) groups is 1. The van der Waals surface area contributed by atoms with Crippen LogP contribution in [-0.4, -0.2) is 17.4 Å². The first-order valence-corrected chi connectivity index (χ1v) is 10.8. The van der Waals surface area contributed by atoms with Crippen molar-refractivity contribution < 1.29 is 9.18 Å². The molecule has 2 aromatic carbocycles. The van der Waals surface area contributed by atoms with Gasteiger partial charge in [-0.05, 0) is 55.8 Å². The van der Waals surface area contributed by atoms with Crippen molar-refractivity contribution in [3.05, 3.63) is 106 Å². The van der Waals surface area contributed by atoms with Crippen molar-refractivity contribution in [3.63, 3.8) is 0 Å². The topological polar surface area (TPSA) is 49.0 Å². The van der Waals surface area contributed by atoms with Gasteiger partial charge in [0.25, 0.3) is 0 Å². The fourth-order valence-electron chi connectivity index (χ4n) is 4.77. The summed E-state index contributed by atoms with van der Waals surface area (Å²) in [6.07, 6.45) is 3.45. The van der Waals surface area contributed by atoms with Crippen LogP contribution in [0.1, 0.15) is 41.2 Å². The third kappa shape index (κ3) is 3.58. The van der Waals surface area contributed by atoms with Crippen LogP contribution in [0.25, 0.3) is 5.69 Å². The summed E-state index contributed by atoms with van der Waals surface area (Å²) in [4.78, 5) is 15.4. The van der Waals surface area contributed by atoms with E-state index < -0.39 is 0 Å². The van der Waals surface area contributed by atoms with Gasteiger partial charge < -0.3 is 9.47 Å². The minimum Gasteiger partial charge on any atom is -0.347 e. The highest BCUT2D eigenvalue weighted by Gasteiger charge is 2.37. The monoisotopic (exact) mass is 439 g/mol. The lowest BCUT2D eigenvalue weighted by atomic mass is 9.83. The van der Waals surface area contributed by atoms with E-state index in [1.807, 2.05) is 32.2 Å². The number of anilines is 1. The Morgan fingerprint density at radius 3 is 2.33 bits per heavy atom. The van der Waals surface area contributed by atoms with Crippen molar-refractivity contribution in [2.45, 2.75) is 33.1 Å². The zero-order chi connectivity index (χ0) is 23.9. The number of para-hydroxylation sites is 2. The van der Waals surface area contributed by atoms with Crippen molar-refractivity contribution in [2.75, 3.05) is 11.9 Å². The average molecular weight is 440 g/mol. The van der Waals surface area contributed by atoms with Crippen molar-refractivity contribution >= 4 is 11.5 Å². The van der Waals surface area contributed by atoms with Gasteiger partial charge in [-0.3, -0.25) is 4.79 Å². The number of fused-ring (bicyclic) bond motifs is 1. The van der Waals surface area contributed by atoms with Crippen LogP contribution < -0.4 is 4.90 Å². The summed E-state index contributed by atoms with van der Waals surface area (Å²) >= 11 is 0. The highest BCUT2D eigenvalue weighted by atomic mass is 19.1. The molecule has 0 bridgehead atoms. The third-order valence-electron chi connectivity index (χ3n) is 6.48. The van der Waals surface area contributed by atoms with E-state index in [2.05, 4.69) is 36.9 Å². The fourth-order valence-corrected chi connectivity index (χ4v) is 4.77. The Labute approximate surface area is 193 Å².